The maximum Gasteiger partial charge on any atom is 0.276 e. The largest absolute Gasteiger partial charge is 0.488 e. The summed E-state index contributed by atoms with van der Waals surface area (Å²) in [5.41, 5.74) is 0.488. The lowest BCUT2D eigenvalue weighted by Crippen LogP contribution is -2.48. The van der Waals surface area contributed by atoms with Crippen LogP contribution in [-0.2, 0) is 24.5 Å². The number of aryl methyl sites for hydroxylation is 1. The molecule has 0 saturated carbocycles. The van der Waals surface area contributed by atoms with Crippen LogP contribution in [0, 0.1) is 11.6 Å². The molecule has 1 aliphatic heterocycles. The third-order valence-electron chi connectivity index (χ3n) is 4.89. The minimum atomic E-state index is -1.64. The van der Waals surface area contributed by atoms with E-state index in [4.69, 9.17) is 4.74 Å². The lowest BCUT2D eigenvalue weighted by atomic mass is 9.96. The number of pyridine rings is 1. The van der Waals surface area contributed by atoms with E-state index in [1.165, 1.54) is 10.6 Å². The Bertz CT molecular complexity index is 1170. The average molecular weight is 477 g/mol. The molecular weight excluding hydrogens is 450 g/mol. The molecule has 0 radical (unpaired) electrons. The van der Waals surface area contributed by atoms with E-state index in [2.05, 4.69) is 15.0 Å². The molecule has 3 aromatic rings. The highest BCUT2D eigenvalue weighted by Gasteiger charge is 2.36. The topological polar surface area (TPSA) is 85.2 Å². The molecule has 176 valence electrons. The number of benzene rings is 1. The summed E-state index contributed by atoms with van der Waals surface area (Å²) in [6.45, 7) is 6.03. The SMILES string of the molecule is CC.Cn1cc2c(c1C(=O)Nc1ccc(F)c(F)c1)OCC(C)(Cc1cccnc1)NS2=O. The van der Waals surface area contributed by atoms with E-state index >= 15 is 0 Å². The van der Waals surface area contributed by atoms with Crippen LogP contribution in [0.4, 0.5) is 14.5 Å². The van der Waals surface area contributed by atoms with Gasteiger partial charge < -0.3 is 14.6 Å². The van der Waals surface area contributed by atoms with E-state index in [0.29, 0.717) is 11.3 Å². The second-order valence-electron chi connectivity index (χ2n) is 7.62. The molecule has 0 spiro atoms. The fourth-order valence-corrected chi connectivity index (χ4v) is 4.72. The number of carbonyl (C=O) groups excluding carboxylic acids is 1. The van der Waals surface area contributed by atoms with Gasteiger partial charge in [-0.1, -0.05) is 19.9 Å². The fourth-order valence-electron chi connectivity index (χ4n) is 3.45. The van der Waals surface area contributed by atoms with Crippen LogP contribution < -0.4 is 14.8 Å². The number of nitrogens with one attached hydrogen (secondary N) is 2. The first kappa shape index (κ1) is 24.5. The number of halogens is 2. The smallest absolute Gasteiger partial charge is 0.276 e. The van der Waals surface area contributed by atoms with Gasteiger partial charge in [0, 0.05) is 37.4 Å². The van der Waals surface area contributed by atoms with Gasteiger partial charge >= 0.3 is 0 Å². The maximum atomic E-state index is 13.5. The number of ether oxygens (including phenoxy) is 1. The van der Waals surface area contributed by atoms with Crippen molar-refractivity contribution >= 4 is 22.6 Å². The fraction of sp³-hybridized carbons (Fsp3) is 0.304. The molecule has 2 aromatic heterocycles. The third-order valence-corrected chi connectivity index (χ3v) is 6.25. The van der Waals surface area contributed by atoms with Crippen LogP contribution in [0.2, 0.25) is 0 Å². The van der Waals surface area contributed by atoms with E-state index in [1.807, 2.05) is 32.9 Å². The molecule has 0 aliphatic carbocycles. The van der Waals surface area contributed by atoms with Gasteiger partial charge in [-0.2, -0.15) is 0 Å². The van der Waals surface area contributed by atoms with Crippen LogP contribution in [0.25, 0.3) is 0 Å². The van der Waals surface area contributed by atoms with Crippen molar-refractivity contribution in [3.63, 3.8) is 0 Å². The van der Waals surface area contributed by atoms with E-state index in [0.717, 1.165) is 17.7 Å². The molecule has 2 atom stereocenters. The van der Waals surface area contributed by atoms with Crippen molar-refractivity contribution in [3.05, 3.63) is 71.8 Å². The second kappa shape index (κ2) is 10.2. The molecule has 2 N–H and O–H groups in total. The van der Waals surface area contributed by atoms with E-state index in [1.54, 1.807) is 25.6 Å². The zero-order valence-corrected chi connectivity index (χ0v) is 19.6. The van der Waals surface area contributed by atoms with Crippen molar-refractivity contribution in [2.45, 2.75) is 37.6 Å². The van der Waals surface area contributed by atoms with Gasteiger partial charge in [0.1, 0.15) is 22.5 Å². The first-order valence-corrected chi connectivity index (χ1v) is 11.6. The van der Waals surface area contributed by atoms with Crippen LogP contribution in [0.15, 0.2) is 53.8 Å². The predicted molar refractivity (Wildman–Crippen MR) is 122 cm³/mol. The maximum absolute atomic E-state index is 13.5. The Hall–Kier alpha value is -3.11. The molecule has 33 heavy (non-hydrogen) atoms. The van der Waals surface area contributed by atoms with Gasteiger partial charge in [-0.15, -0.1) is 0 Å². The van der Waals surface area contributed by atoms with Gasteiger partial charge in [-0.25, -0.2) is 17.7 Å². The molecule has 7 nitrogen and oxygen atoms in total. The van der Waals surface area contributed by atoms with Crippen LogP contribution in [0.5, 0.6) is 5.75 Å². The normalized spacial score (nSPS) is 19.4. The lowest BCUT2D eigenvalue weighted by Gasteiger charge is -2.27. The lowest BCUT2D eigenvalue weighted by molar-refractivity contribution is 0.101. The van der Waals surface area contributed by atoms with Crippen molar-refractivity contribution < 1.29 is 22.5 Å². The van der Waals surface area contributed by atoms with Gasteiger partial charge in [-0.05, 0) is 37.1 Å². The Morgan fingerprint density at radius 3 is 2.73 bits per heavy atom. The van der Waals surface area contributed by atoms with E-state index in [9.17, 15) is 17.8 Å². The molecule has 10 heteroatoms. The van der Waals surface area contributed by atoms with Gasteiger partial charge in [0.25, 0.3) is 5.91 Å². The van der Waals surface area contributed by atoms with Gasteiger partial charge in [0.05, 0.1) is 5.54 Å². The number of nitrogens with zero attached hydrogens (tertiary/aromatic N) is 2. The Labute approximate surface area is 193 Å². The first-order valence-electron chi connectivity index (χ1n) is 10.4. The highest BCUT2D eigenvalue weighted by atomic mass is 32.2. The number of rotatable bonds is 4. The van der Waals surface area contributed by atoms with E-state index in [-0.39, 0.29) is 23.7 Å². The van der Waals surface area contributed by atoms with Crippen molar-refractivity contribution in [3.8, 4) is 5.75 Å². The summed E-state index contributed by atoms with van der Waals surface area (Å²) in [6.07, 6.45) is 5.47. The van der Waals surface area contributed by atoms with Crippen LogP contribution in [0.3, 0.4) is 0 Å². The minimum Gasteiger partial charge on any atom is -0.488 e. The van der Waals surface area contributed by atoms with Gasteiger partial charge in [-0.3, -0.25) is 9.78 Å². The zero-order valence-electron chi connectivity index (χ0n) is 18.8. The summed E-state index contributed by atoms with van der Waals surface area (Å²) in [7, 11) is -0.0254. The molecule has 3 heterocycles. The monoisotopic (exact) mass is 476 g/mol. The van der Waals surface area contributed by atoms with Crippen LogP contribution >= 0.6 is 0 Å². The van der Waals surface area contributed by atoms with Crippen molar-refractivity contribution in [2.75, 3.05) is 11.9 Å². The Kier molecular flexibility index (Phi) is 7.60. The quantitative estimate of drug-likeness (QED) is 0.597. The Morgan fingerprint density at radius 2 is 2.06 bits per heavy atom. The van der Waals surface area contributed by atoms with Crippen molar-refractivity contribution in [1.82, 2.24) is 14.3 Å². The summed E-state index contributed by atoms with van der Waals surface area (Å²) in [4.78, 5) is 17.3. The summed E-state index contributed by atoms with van der Waals surface area (Å²) >= 11 is 0. The number of fused-ring (bicyclic) bond motifs is 1. The highest BCUT2D eigenvalue weighted by Crippen LogP contribution is 2.33. The number of hydrogen-bond acceptors (Lipinski definition) is 4. The summed E-state index contributed by atoms with van der Waals surface area (Å²) in [5, 5.41) is 2.53. The minimum absolute atomic E-state index is 0.0909. The number of amides is 1. The first-order chi connectivity index (χ1) is 15.8. The van der Waals surface area contributed by atoms with Gasteiger partial charge in [0.15, 0.2) is 23.1 Å². The van der Waals surface area contributed by atoms with Crippen molar-refractivity contribution in [2.24, 2.45) is 7.05 Å². The zero-order chi connectivity index (χ0) is 24.2. The van der Waals surface area contributed by atoms with E-state index < -0.39 is 34.1 Å². The summed E-state index contributed by atoms with van der Waals surface area (Å²) in [6, 6.07) is 6.81. The number of carbonyl (C=O) groups is 1. The molecule has 1 aromatic carbocycles. The molecule has 4 rings (SSSR count). The molecule has 1 aliphatic rings. The van der Waals surface area contributed by atoms with Gasteiger partial charge in [0.2, 0.25) is 0 Å². The molecular formula is C23H26F2N4O3S. The summed E-state index contributed by atoms with van der Waals surface area (Å²) in [5.74, 6) is -2.49. The standard InChI is InChI=1S/C21H20F2N4O3S.C2H6/c1-21(9-13-4-3-7-24-10-13)12-30-19-17(31(29)26-21)11-27(2)18(19)20(28)25-14-5-6-15(22)16(23)8-14;1-2/h3-8,10-11,26H,9,12H2,1-2H3,(H,25,28);1-2H3. The molecule has 0 saturated heterocycles. The second-order valence-corrected chi connectivity index (χ2v) is 8.80. The van der Waals surface area contributed by atoms with Crippen LogP contribution in [-0.4, -0.2) is 31.8 Å². The molecule has 0 bridgehead atoms. The molecule has 2 unspecified atom stereocenters. The molecule has 0 fully saturated rings. The Morgan fingerprint density at radius 1 is 1.30 bits per heavy atom. The third kappa shape index (κ3) is 5.45. The summed E-state index contributed by atoms with van der Waals surface area (Å²) < 4.78 is 50.2. The van der Waals surface area contributed by atoms with Crippen molar-refractivity contribution in [1.29, 1.82) is 0 Å². The Balaban J connectivity index is 0.00000149. The highest BCUT2D eigenvalue weighted by molar-refractivity contribution is 7.83. The molecule has 1 amide bonds. The number of hydrogen-bond donors (Lipinski definition) is 2. The number of aromatic nitrogens is 2. The number of anilines is 1. The predicted octanol–water partition coefficient (Wildman–Crippen LogP) is 3.98. The average Bonchev–Trinajstić information content (AvgIpc) is 3.07. The van der Waals surface area contributed by atoms with Crippen LogP contribution in [0.1, 0.15) is 36.8 Å².